The molecule has 136 valence electrons. The number of carbonyl (C=O) groups is 1. The minimum atomic E-state index is -4.69. The van der Waals surface area contributed by atoms with Crippen molar-refractivity contribution < 1.29 is 23.1 Å². The van der Waals surface area contributed by atoms with Crippen LogP contribution in [-0.2, 0) is 17.4 Å². The minimum absolute atomic E-state index is 0.0121. The molecule has 0 radical (unpaired) electrons. The molecule has 8 nitrogen and oxygen atoms in total. The number of nitrogens with zero attached hydrogens (tertiary/aromatic N) is 5. The Bertz CT molecular complexity index is 999. The first kappa shape index (κ1) is 17.6. The van der Waals surface area contributed by atoms with Gasteiger partial charge in [0.15, 0.2) is 11.6 Å². The summed E-state index contributed by atoms with van der Waals surface area (Å²) in [5, 5.41) is 15.5. The lowest BCUT2D eigenvalue weighted by atomic mass is 10.1. The van der Waals surface area contributed by atoms with E-state index in [-0.39, 0.29) is 23.8 Å². The molecule has 0 bridgehead atoms. The number of alkyl halides is 3. The third-order valence-electron chi connectivity index (χ3n) is 3.68. The summed E-state index contributed by atoms with van der Waals surface area (Å²) in [5.41, 5.74) is 1.08. The largest absolute Gasteiger partial charge is 0.504 e. The fourth-order valence-electron chi connectivity index (χ4n) is 2.41. The molecule has 0 atom stereocenters. The molecule has 26 heavy (non-hydrogen) atoms. The number of pyridine rings is 1. The number of rotatable bonds is 3. The summed E-state index contributed by atoms with van der Waals surface area (Å²) in [6, 6.07) is 2.86. The minimum Gasteiger partial charge on any atom is -0.504 e. The highest BCUT2D eigenvalue weighted by molar-refractivity contribution is 5.92. The maximum Gasteiger partial charge on any atom is 0.453 e. The standard InChI is InChI=1S/C15H13F3N6O2/c1-7-9(6-11(26)21-12-10(25)4-3-5-19-12)8(2)24-14(20-7)22-13(23-24)15(16,17)18/h3-5,25H,6H2,1-2H3,(H,19,21,26). The summed E-state index contributed by atoms with van der Waals surface area (Å²) in [6.07, 6.45) is -3.48. The van der Waals surface area contributed by atoms with E-state index in [0.29, 0.717) is 17.0 Å². The number of carbonyl (C=O) groups excluding carboxylic acids is 1. The molecule has 3 heterocycles. The van der Waals surface area contributed by atoms with Crippen molar-refractivity contribution in [3.05, 3.63) is 41.1 Å². The highest BCUT2D eigenvalue weighted by Crippen LogP contribution is 2.27. The van der Waals surface area contributed by atoms with Crippen LogP contribution >= 0.6 is 0 Å². The lowest BCUT2D eigenvalue weighted by molar-refractivity contribution is -0.144. The van der Waals surface area contributed by atoms with Gasteiger partial charge in [-0.15, -0.1) is 5.10 Å². The molecule has 3 aromatic rings. The van der Waals surface area contributed by atoms with Crippen molar-refractivity contribution in [2.24, 2.45) is 0 Å². The molecule has 11 heteroatoms. The van der Waals surface area contributed by atoms with Crippen LogP contribution in [0.5, 0.6) is 5.75 Å². The number of aromatic hydroxyl groups is 1. The van der Waals surface area contributed by atoms with Crippen LogP contribution in [0.2, 0.25) is 0 Å². The van der Waals surface area contributed by atoms with Crippen LogP contribution in [0.15, 0.2) is 18.3 Å². The van der Waals surface area contributed by atoms with Gasteiger partial charge >= 0.3 is 6.18 Å². The highest BCUT2D eigenvalue weighted by Gasteiger charge is 2.37. The van der Waals surface area contributed by atoms with Gasteiger partial charge in [0.2, 0.25) is 5.91 Å². The van der Waals surface area contributed by atoms with Gasteiger partial charge in [0, 0.05) is 23.1 Å². The Morgan fingerprint density at radius 1 is 1.31 bits per heavy atom. The number of halogens is 3. The summed E-state index contributed by atoms with van der Waals surface area (Å²) in [7, 11) is 0. The Hall–Kier alpha value is -3.24. The number of amides is 1. The van der Waals surface area contributed by atoms with E-state index in [4.69, 9.17) is 0 Å². The summed E-state index contributed by atoms with van der Waals surface area (Å²) in [5.74, 6) is -2.22. The molecule has 0 spiro atoms. The van der Waals surface area contributed by atoms with Crippen molar-refractivity contribution in [1.82, 2.24) is 24.6 Å². The molecule has 3 aromatic heterocycles. The number of anilines is 1. The normalized spacial score (nSPS) is 11.7. The average molecular weight is 366 g/mol. The number of aromatic nitrogens is 5. The first-order chi connectivity index (χ1) is 12.2. The Morgan fingerprint density at radius 3 is 2.69 bits per heavy atom. The molecule has 0 aromatic carbocycles. The molecule has 0 aliphatic heterocycles. The van der Waals surface area contributed by atoms with E-state index >= 15 is 0 Å². The second-order valence-electron chi connectivity index (χ2n) is 5.50. The van der Waals surface area contributed by atoms with Crippen molar-refractivity contribution >= 4 is 17.5 Å². The average Bonchev–Trinajstić information content (AvgIpc) is 2.98. The molecule has 0 unspecified atom stereocenters. The van der Waals surface area contributed by atoms with Gasteiger partial charge in [-0.25, -0.2) is 14.5 Å². The summed E-state index contributed by atoms with van der Waals surface area (Å²) < 4.78 is 39.3. The van der Waals surface area contributed by atoms with Crippen molar-refractivity contribution in [2.45, 2.75) is 26.4 Å². The molecule has 0 aliphatic rings. The molecular formula is C15H13F3N6O2. The molecule has 0 fully saturated rings. The van der Waals surface area contributed by atoms with Gasteiger partial charge in [-0.2, -0.15) is 18.2 Å². The Balaban J connectivity index is 1.92. The van der Waals surface area contributed by atoms with Crippen LogP contribution in [0.4, 0.5) is 19.0 Å². The SMILES string of the molecule is Cc1nc2nc(C(F)(F)F)nn2c(C)c1CC(=O)Nc1ncccc1O. The molecular weight excluding hydrogens is 353 g/mol. The third kappa shape index (κ3) is 3.27. The van der Waals surface area contributed by atoms with Gasteiger partial charge in [-0.3, -0.25) is 4.79 Å². The maximum absolute atomic E-state index is 12.8. The third-order valence-corrected chi connectivity index (χ3v) is 3.68. The summed E-state index contributed by atoms with van der Waals surface area (Å²) >= 11 is 0. The van der Waals surface area contributed by atoms with Crippen LogP contribution in [-0.4, -0.2) is 35.6 Å². The summed E-state index contributed by atoms with van der Waals surface area (Å²) in [4.78, 5) is 23.4. The molecule has 1 amide bonds. The van der Waals surface area contributed by atoms with E-state index in [1.165, 1.54) is 25.3 Å². The van der Waals surface area contributed by atoms with E-state index in [0.717, 1.165) is 4.52 Å². The molecule has 0 saturated carbocycles. The fourth-order valence-corrected chi connectivity index (χ4v) is 2.41. The maximum atomic E-state index is 12.8. The lowest BCUT2D eigenvalue weighted by Gasteiger charge is -2.11. The number of fused-ring (bicyclic) bond motifs is 1. The van der Waals surface area contributed by atoms with Crippen LogP contribution in [0.1, 0.15) is 22.8 Å². The fraction of sp³-hybridized carbons (Fsp3) is 0.267. The highest BCUT2D eigenvalue weighted by atomic mass is 19.4. The van der Waals surface area contributed by atoms with E-state index in [9.17, 15) is 23.1 Å². The van der Waals surface area contributed by atoms with Gasteiger partial charge in [0.05, 0.1) is 6.42 Å². The predicted molar refractivity (Wildman–Crippen MR) is 83.5 cm³/mol. The van der Waals surface area contributed by atoms with Crippen LogP contribution in [0.25, 0.3) is 5.78 Å². The van der Waals surface area contributed by atoms with Gasteiger partial charge in [0.1, 0.15) is 0 Å². The van der Waals surface area contributed by atoms with E-state index in [2.05, 4.69) is 25.4 Å². The van der Waals surface area contributed by atoms with E-state index in [1.807, 2.05) is 0 Å². The topological polar surface area (TPSA) is 105 Å². The first-order valence-corrected chi connectivity index (χ1v) is 7.40. The first-order valence-electron chi connectivity index (χ1n) is 7.40. The van der Waals surface area contributed by atoms with Crippen molar-refractivity contribution in [3.63, 3.8) is 0 Å². The molecule has 0 aliphatic carbocycles. The lowest BCUT2D eigenvalue weighted by Crippen LogP contribution is -2.18. The zero-order valence-corrected chi connectivity index (χ0v) is 13.7. The number of hydrogen-bond acceptors (Lipinski definition) is 6. The Morgan fingerprint density at radius 2 is 2.04 bits per heavy atom. The van der Waals surface area contributed by atoms with Gasteiger partial charge < -0.3 is 10.4 Å². The number of aryl methyl sites for hydroxylation is 2. The van der Waals surface area contributed by atoms with E-state index < -0.39 is 17.9 Å². The number of hydrogen-bond donors (Lipinski definition) is 2. The number of nitrogens with one attached hydrogen (secondary N) is 1. The van der Waals surface area contributed by atoms with Crippen molar-refractivity contribution in [2.75, 3.05) is 5.32 Å². The van der Waals surface area contributed by atoms with Crippen molar-refractivity contribution in [1.29, 1.82) is 0 Å². The molecule has 3 rings (SSSR count). The monoisotopic (exact) mass is 366 g/mol. The van der Waals surface area contributed by atoms with Crippen LogP contribution < -0.4 is 5.32 Å². The molecule has 0 saturated heterocycles. The van der Waals surface area contributed by atoms with Crippen LogP contribution in [0, 0.1) is 13.8 Å². The summed E-state index contributed by atoms with van der Waals surface area (Å²) in [6.45, 7) is 3.09. The van der Waals surface area contributed by atoms with Gasteiger partial charge in [0.25, 0.3) is 11.6 Å². The second kappa shape index (κ2) is 6.24. The Labute approximate surface area is 144 Å². The van der Waals surface area contributed by atoms with Gasteiger partial charge in [-0.05, 0) is 26.0 Å². The molecule has 2 N–H and O–H groups in total. The van der Waals surface area contributed by atoms with Crippen LogP contribution in [0.3, 0.4) is 0 Å². The zero-order chi connectivity index (χ0) is 19.1. The van der Waals surface area contributed by atoms with E-state index in [1.54, 1.807) is 6.92 Å². The van der Waals surface area contributed by atoms with Crippen molar-refractivity contribution in [3.8, 4) is 5.75 Å². The smallest absolute Gasteiger partial charge is 0.453 e. The van der Waals surface area contributed by atoms with Gasteiger partial charge in [-0.1, -0.05) is 0 Å². The second-order valence-corrected chi connectivity index (χ2v) is 5.50. The zero-order valence-electron chi connectivity index (χ0n) is 13.7. The predicted octanol–water partition coefficient (Wildman–Crippen LogP) is 2.04. The quantitative estimate of drug-likeness (QED) is 0.735. The Kier molecular flexibility index (Phi) is 4.22.